The van der Waals surface area contributed by atoms with Crippen LogP contribution < -0.4 is 5.32 Å². The van der Waals surface area contributed by atoms with Crippen LogP contribution >= 0.6 is 0 Å². The van der Waals surface area contributed by atoms with Crippen molar-refractivity contribution in [2.45, 2.75) is 64.7 Å². The third-order valence-electron chi connectivity index (χ3n) is 8.06. The Hall–Kier alpha value is -3.70. The van der Waals surface area contributed by atoms with E-state index in [1.54, 1.807) is 13.0 Å². The van der Waals surface area contributed by atoms with E-state index in [-0.39, 0.29) is 48.5 Å². The zero-order valence-corrected chi connectivity index (χ0v) is 24.5. The van der Waals surface area contributed by atoms with E-state index in [9.17, 15) is 36.6 Å². The molecule has 1 aliphatic rings. The molecule has 0 saturated carbocycles. The Morgan fingerprint density at radius 3 is 2.39 bits per heavy atom. The van der Waals surface area contributed by atoms with Crippen LogP contribution in [0.4, 0.5) is 26.3 Å². The number of likely N-dealkylation sites (tertiary alicyclic amines) is 1. The van der Waals surface area contributed by atoms with Gasteiger partial charge in [-0.1, -0.05) is 32.0 Å². The number of Topliss-reactive ketones (excluding diaryl/α,β-unsaturated/α-hetero) is 1. The lowest BCUT2D eigenvalue weighted by Gasteiger charge is -2.40. The second-order valence-corrected chi connectivity index (χ2v) is 11.5. The number of rotatable bonds is 9. The molecule has 5 nitrogen and oxygen atoms in total. The topological polar surface area (TPSA) is 69.6 Å². The number of hydrogen-bond acceptors (Lipinski definition) is 4. The summed E-state index contributed by atoms with van der Waals surface area (Å²) in [4.78, 5) is 28.3. The Balaban J connectivity index is 1.63. The molecule has 0 aromatic heterocycles. The molecule has 1 saturated heterocycles. The standard InChI is InChI=1S/C33H34F6N2O3/c1-18(2)21-5-7-26(28(36)14-21)32(44)41-9-8-27(31(43)23-11-20(16-34)12-24(13-23)33(37,38)39)29(17-41)40-30(42)15-22-4-6-25(35)10-19(22)3/h4-7,10-14,18,27,29,32,44H,8-9,15-17H2,1-3H3,(H,40,42). The number of benzene rings is 3. The van der Waals surface area contributed by atoms with Crippen molar-refractivity contribution in [1.29, 1.82) is 0 Å². The molecule has 44 heavy (non-hydrogen) atoms. The molecule has 3 atom stereocenters. The Bertz CT molecular complexity index is 1520. The van der Waals surface area contributed by atoms with Crippen molar-refractivity contribution in [2.24, 2.45) is 5.92 Å². The minimum Gasteiger partial charge on any atom is -0.374 e. The number of nitrogens with zero attached hydrogens (tertiary/aromatic N) is 1. The third kappa shape index (κ3) is 7.68. The molecule has 3 aromatic rings. The van der Waals surface area contributed by atoms with Crippen LogP contribution in [0.15, 0.2) is 54.6 Å². The normalized spacial score (nSPS) is 18.3. The monoisotopic (exact) mass is 620 g/mol. The van der Waals surface area contributed by atoms with E-state index in [0.29, 0.717) is 23.3 Å². The first-order valence-corrected chi connectivity index (χ1v) is 14.2. The van der Waals surface area contributed by atoms with Crippen LogP contribution in [0, 0.1) is 24.5 Å². The molecule has 11 heteroatoms. The van der Waals surface area contributed by atoms with Crippen molar-refractivity contribution in [3.05, 3.63) is 105 Å². The van der Waals surface area contributed by atoms with Crippen molar-refractivity contribution in [3.63, 3.8) is 0 Å². The number of amides is 1. The van der Waals surface area contributed by atoms with Crippen molar-refractivity contribution in [2.75, 3.05) is 13.1 Å². The van der Waals surface area contributed by atoms with Crippen molar-refractivity contribution < 1.29 is 41.0 Å². The molecule has 4 rings (SSSR count). The first-order valence-electron chi connectivity index (χ1n) is 14.2. The van der Waals surface area contributed by atoms with Gasteiger partial charge in [-0.05, 0) is 77.9 Å². The quantitative estimate of drug-likeness (QED) is 0.204. The van der Waals surface area contributed by atoms with Gasteiger partial charge in [-0.25, -0.2) is 13.2 Å². The average Bonchev–Trinajstić information content (AvgIpc) is 2.97. The van der Waals surface area contributed by atoms with Gasteiger partial charge >= 0.3 is 6.18 Å². The first-order chi connectivity index (χ1) is 20.7. The smallest absolute Gasteiger partial charge is 0.374 e. The summed E-state index contributed by atoms with van der Waals surface area (Å²) >= 11 is 0. The van der Waals surface area contributed by atoms with Crippen LogP contribution in [0.1, 0.15) is 76.2 Å². The summed E-state index contributed by atoms with van der Waals surface area (Å²) in [7, 11) is 0. The summed E-state index contributed by atoms with van der Waals surface area (Å²) in [5, 5.41) is 13.9. The molecule has 0 bridgehead atoms. The molecule has 0 radical (unpaired) electrons. The van der Waals surface area contributed by atoms with E-state index in [0.717, 1.165) is 11.6 Å². The van der Waals surface area contributed by atoms with E-state index in [1.165, 1.54) is 35.2 Å². The van der Waals surface area contributed by atoms with E-state index in [1.807, 2.05) is 13.8 Å². The van der Waals surface area contributed by atoms with Gasteiger partial charge in [0.1, 0.15) is 24.5 Å². The highest BCUT2D eigenvalue weighted by molar-refractivity contribution is 5.99. The number of aryl methyl sites for hydroxylation is 1. The van der Waals surface area contributed by atoms with Crippen LogP contribution in [-0.4, -0.2) is 40.8 Å². The highest BCUT2D eigenvalue weighted by atomic mass is 19.4. The maximum Gasteiger partial charge on any atom is 0.416 e. The molecule has 1 heterocycles. The van der Waals surface area contributed by atoms with E-state index in [2.05, 4.69) is 5.32 Å². The molecule has 0 aliphatic carbocycles. The summed E-state index contributed by atoms with van der Waals surface area (Å²) in [5.41, 5.74) is -0.0566. The number of aliphatic hydroxyl groups excluding tert-OH is 1. The predicted molar refractivity (Wildman–Crippen MR) is 152 cm³/mol. The lowest BCUT2D eigenvalue weighted by Crippen LogP contribution is -2.55. The maximum atomic E-state index is 15.0. The molecule has 0 spiro atoms. The molecule has 3 aromatic carbocycles. The van der Waals surface area contributed by atoms with Crippen molar-refractivity contribution >= 4 is 11.7 Å². The van der Waals surface area contributed by atoms with Crippen molar-refractivity contribution in [3.8, 4) is 0 Å². The van der Waals surface area contributed by atoms with Gasteiger partial charge in [0.05, 0.1) is 18.0 Å². The highest BCUT2D eigenvalue weighted by Gasteiger charge is 2.39. The number of halogens is 6. The van der Waals surface area contributed by atoms with Crippen LogP contribution in [0.3, 0.4) is 0 Å². The molecule has 1 fully saturated rings. The molecular formula is C33H34F6N2O3. The number of nitrogens with one attached hydrogen (secondary N) is 1. The summed E-state index contributed by atoms with van der Waals surface area (Å²) < 4.78 is 82.6. The van der Waals surface area contributed by atoms with Crippen LogP contribution in [0.25, 0.3) is 0 Å². The minimum absolute atomic E-state index is 0.00310. The summed E-state index contributed by atoms with van der Waals surface area (Å²) in [6.45, 7) is 4.13. The van der Waals surface area contributed by atoms with E-state index in [4.69, 9.17) is 0 Å². The van der Waals surface area contributed by atoms with Gasteiger partial charge in [0.2, 0.25) is 5.91 Å². The van der Waals surface area contributed by atoms with Gasteiger partial charge in [0.25, 0.3) is 0 Å². The molecule has 2 N–H and O–H groups in total. The number of ketones is 1. The van der Waals surface area contributed by atoms with Crippen LogP contribution in [0.5, 0.6) is 0 Å². The second-order valence-electron chi connectivity index (χ2n) is 11.5. The molecule has 1 amide bonds. The fourth-order valence-electron chi connectivity index (χ4n) is 5.55. The lowest BCUT2D eigenvalue weighted by molar-refractivity contribution is -0.137. The van der Waals surface area contributed by atoms with Gasteiger partial charge < -0.3 is 10.4 Å². The second kappa shape index (κ2) is 13.5. The van der Waals surface area contributed by atoms with Gasteiger partial charge in [-0.3, -0.25) is 14.5 Å². The average molecular weight is 621 g/mol. The Morgan fingerprint density at radius 1 is 1.05 bits per heavy atom. The summed E-state index contributed by atoms with van der Waals surface area (Å²) in [6.07, 6.45) is -6.42. The zero-order chi connectivity index (χ0) is 32.3. The number of hydrogen-bond donors (Lipinski definition) is 2. The number of piperidine rings is 1. The van der Waals surface area contributed by atoms with Gasteiger partial charge in [0, 0.05) is 30.1 Å². The number of alkyl halides is 4. The molecule has 236 valence electrons. The van der Waals surface area contributed by atoms with Gasteiger partial charge in [0.15, 0.2) is 5.78 Å². The Morgan fingerprint density at radius 2 is 1.77 bits per heavy atom. The fraction of sp³-hybridized carbons (Fsp3) is 0.394. The summed E-state index contributed by atoms with van der Waals surface area (Å²) in [5.74, 6) is -3.35. The molecular weight excluding hydrogens is 586 g/mol. The van der Waals surface area contributed by atoms with Gasteiger partial charge in [-0.2, -0.15) is 13.2 Å². The Kier molecular flexibility index (Phi) is 10.2. The number of carbonyl (C=O) groups is 2. The van der Waals surface area contributed by atoms with E-state index >= 15 is 4.39 Å². The van der Waals surface area contributed by atoms with Gasteiger partial charge in [-0.15, -0.1) is 0 Å². The van der Waals surface area contributed by atoms with E-state index < -0.39 is 59.9 Å². The predicted octanol–water partition coefficient (Wildman–Crippen LogP) is 6.81. The first kappa shape index (κ1) is 33.2. The largest absolute Gasteiger partial charge is 0.416 e. The molecule has 1 aliphatic heterocycles. The maximum absolute atomic E-state index is 15.0. The summed E-state index contributed by atoms with van der Waals surface area (Å²) in [6, 6.07) is 9.79. The Labute approximate surface area is 251 Å². The minimum atomic E-state index is -4.82. The number of aliphatic hydroxyl groups is 1. The zero-order valence-electron chi connectivity index (χ0n) is 24.5. The van der Waals surface area contributed by atoms with Crippen molar-refractivity contribution in [1.82, 2.24) is 10.2 Å². The fourth-order valence-corrected chi connectivity index (χ4v) is 5.55. The van der Waals surface area contributed by atoms with Crippen LogP contribution in [-0.2, 0) is 24.1 Å². The highest BCUT2D eigenvalue weighted by Crippen LogP contribution is 2.34. The molecule has 3 unspecified atom stereocenters. The van der Waals surface area contributed by atoms with Crippen LogP contribution in [0.2, 0.25) is 0 Å². The lowest BCUT2D eigenvalue weighted by atomic mass is 9.83. The number of carbonyl (C=O) groups excluding carboxylic acids is 2. The SMILES string of the molecule is Cc1cc(F)ccc1CC(=O)NC1CN(C(O)c2ccc(C(C)C)cc2F)CCC1C(=O)c1cc(CF)cc(C(F)(F)F)c1. The third-order valence-corrected chi connectivity index (χ3v) is 8.06.